The Bertz CT molecular complexity index is 1190. The lowest BCUT2D eigenvalue weighted by atomic mass is 9.78. The number of esters is 2. The summed E-state index contributed by atoms with van der Waals surface area (Å²) in [6, 6.07) is 17.2. The quantitative estimate of drug-likeness (QED) is 0.359. The second-order valence-electron chi connectivity index (χ2n) is 9.10. The van der Waals surface area contributed by atoms with Gasteiger partial charge in [0.25, 0.3) is 5.54 Å². The number of hydrogen-bond donors (Lipinski definition) is 0. The van der Waals surface area contributed by atoms with E-state index in [1.807, 2.05) is 36.4 Å². The van der Waals surface area contributed by atoms with Gasteiger partial charge in [0, 0.05) is 5.92 Å². The normalized spacial score (nSPS) is 25.3. The minimum Gasteiger partial charge on any atom is -0.464 e. The van der Waals surface area contributed by atoms with Crippen LogP contribution < -0.4 is 0 Å². The van der Waals surface area contributed by atoms with E-state index in [9.17, 15) is 18.0 Å². The minimum atomic E-state index is -4.24. The molecular formula is C27H33NO8S. The molecule has 0 N–H and O–H groups in total. The summed E-state index contributed by atoms with van der Waals surface area (Å²) in [5, 5.41) is 0. The lowest BCUT2D eigenvalue weighted by Gasteiger charge is -2.46. The molecule has 0 radical (unpaired) electrons. The predicted molar refractivity (Wildman–Crippen MR) is 135 cm³/mol. The molecule has 2 aliphatic rings. The number of benzene rings is 2. The molecule has 2 aromatic rings. The number of carbonyl (C=O) groups is 2. The number of carbonyl (C=O) groups excluding carboxylic acids is 2. The first-order chi connectivity index (χ1) is 17.7. The van der Waals surface area contributed by atoms with Crippen LogP contribution in [0.5, 0.6) is 0 Å². The second kappa shape index (κ2) is 10.9. The first kappa shape index (κ1) is 27.3. The Balaban J connectivity index is 2.04. The second-order valence-corrected chi connectivity index (χ2v) is 11.0. The van der Waals surface area contributed by atoms with E-state index in [1.54, 1.807) is 38.1 Å². The molecule has 2 saturated heterocycles. The molecule has 2 fully saturated rings. The van der Waals surface area contributed by atoms with Gasteiger partial charge in [-0.1, -0.05) is 60.7 Å². The van der Waals surface area contributed by atoms with Gasteiger partial charge in [-0.15, -0.1) is 0 Å². The molecule has 0 amide bonds. The van der Waals surface area contributed by atoms with Crippen molar-refractivity contribution >= 4 is 22.0 Å². The van der Waals surface area contributed by atoms with Crippen molar-refractivity contribution in [3.05, 3.63) is 71.8 Å². The fourth-order valence-corrected chi connectivity index (χ4v) is 7.05. The Morgan fingerprint density at radius 1 is 0.973 bits per heavy atom. The largest absolute Gasteiger partial charge is 0.464 e. The van der Waals surface area contributed by atoms with E-state index in [4.69, 9.17) is 18.9 Å². The topological polar surface area (TPSA) is 108 Å². The lowest BCUT2D eigenvalue weighted by molar-refractivity contribution is -0.307. The highest BCUT2D eigenvalue weighted by atomic mass is 32.2. The number of ether oxygens (including phenoxy) is 4. The van der Waals surface area contributed by atoms with E-state index in [0.717, 1.165) is 16.1 Å². The van der Waals surface area contributed by atoms with Crippen LogP contribution in [0.25, 0.3) is 0 Å². The number of fused-ring (bicyclic) bond motifs is 1. The van der Waals surface area contributed by atoms with Crippen molar-refractivity contribution in [2.45, 2.75) is 50.7 Å². The van der Waals surface area contributed by atoms with Crippen LogP contribution in [0.1, 0.15) is 43.9 Å². The van der Waals surface area contributed by atoms with Crippen LogP contribution in [0, 0.1) is 5.92 Å². The van der Waals surface area contributed by atoms with Crippen molar-refractivity contribution in [1.82, 2.24) is 4.31 Å². The van der Waals surface area contributed by atoms with Crippen LogP contribution in [-0.2, 0) is 45.2 Å². The molecule has 0 saturated carbocycles. The summed E-state index contributed by atoms with van der Waals surface area (Å²) in [6.45, 7) is 3.12. The molecule has 2 heterocycles. The maximum absolute atomic E-state index is 14.0. The number of sulfonamides is 1. The lowest BCUT2D eigenvalue weighted by Crippen LogP contribution is -2.73. The molecule has 2 aliphatic heterocycles. The average molecular weight is 532 g/mol. The zero-order valence-electron chi connectivity index (χ0n) is 21.3. The van der Waals surface area contributed by atoms with Gasteiger partial charge in [-0.2, -0.15) is 4.31 Å². The summed E-state index contributed by atoms with van der Waals surface area (Å²) in [5.41, 5.74) is -1.19. The Morgan fingerprint density at radius 2 is 1.54 bits per heavy atom. The third-order valence-electron chi connectivity index (χ3n) is 6.87. The van der Waals surface area contributed by atoms with E-state index < -0.39 is 45.2 Å². The van der Waals surface area contributed by atoms with E-state index in [-0.39, 0.29) is 26.4 Å². The maximum atomic E-state index is 14.0. The third kappa shape index (κ3) is 4.56. The molecule has 3 atom stereocenters. The summed E-state index contributed by atoms with van der Waals surface area (Å²) in [4.78, 5) is 28.0. The molecule has 200 valence electrons. The van der Waals surface area contributed by atoms with Gasteiger partial charge < -0.3 is 18.9 Å². The number of nitrogens with zero attached hydrogens (tertiary/aromatic N) is 1. The van der Waals surface area contributed by atoms with Crippen LogP contribution >= 0.6 is 0 Å². The Kier molecular flexibility index (Phi) is 8.03. The molecule has 10 heteroatoms. The van der Waals surface area contributed by atoms with E-state index >= 15 is 0 Å². The molecule has 37 heavy (non-hydrogen) atoms. The predicted octanol–water partition coefficient (Wildman–Crippen LogP) is 3.21. The SMILES string of the molecule is CCOC(=O)C1(C(=O)OCC)N(S(C)(=O)=O)[C@@H](c2ccccc2)[C@H]2CCCO[C@]21OCc1ccccc1. The number of rotatable bonds is 9. The average Bonchev–Trinajstić information content (AvgIpc) is 3.18. The van der Waals surface area contributed by atoms with Crippen molar-refractivity contribution in [3.8, 4) is 0 Å². The van der Waals surface area contributed by atoms with Crippen molar-refractivity contribution in [2.75, 3.05) is 26.1 Å². The van der Waals surface area contributed by atoms with Gasteiger partial charge in [0.2, 0.25) is 15.8 Å². The molecule has 0 aromatic heterocycles. The van der Waals surface area contributed by atoms with Gasteiger partial charge in [-0.25, -0.2) is 18.0 Å². The van der Waals surface area contributed by atoms with Crippen LogP contribution in [0.3, 0.4) is 0 Å². The smallest absolute Gasteiger partial charge is 0.345 e. The fourth-order valence-electron chi connectivity index (χ4n) is 5.60. The molecule has 2 aromatic carbocycles. The standard InChI is InChI=1S/C27H33NO8S/c1-4-33-24(29)26(25(30)34-5-2)27(36-19-20-13-8-6-9-14-20)22(17-12-18-35-27)23(28(26)37(3,31)32)21-15-10-7-11-16-21/h6-11,13-16,22-23H,4-5,12,17-19H2,1-3H3/t22-,23+,27+/m1/s1. The molecular weight excluding hydrogens is 498 g/mol. The molecule has 0 spiro atoms. The molecule has 0 unspecified atom stereocenters. The van der Waals surface area contributed by atoms with Crippen LogP contribution in [0.2, 0.25) is 0 Å². The van der Waals surface area contributed by atoms with Gasteiger partial charge in [0.1, 0.15) is 0 Å². The zero-order chi connectivity index (χ0) is 26.7. The van der Waals surface area contributed by atoms with Crippen molar-refractivity contribution < 1.29 is 37.0 Å². The molecule has 4 rings (SSSR count). The third-order valence-corrected chi connectivity index (χ3v) is 8.08. The van der Waals surface area contributed by atoms with Crippen LogP contribution in [-0.4, -0.2) is 62.1 Å². The highest BCUT2D eigenvalue weighted by molar-refractivity contribution is 7.88. The first-order valence-corrected chi connectivity index (χ1v) is 14.3. The van der Waals surface area contributed by atoms with Crippen LogP contribution in [0.15, 0.2) is 60.7 Å². The summed E-state index contributed by atoms with van der Waals surface area (Å²) in [7, 11) is -4.24. The Morgan fingerprint density at radius 3 is 2.08 bits per heavy atom. The van der Waals surface area contributed by atoms with E-state index in [1.165, 1.54) is 0 Å². The Hall–Kier alpha value is -2.79. The first-order valence-electron chi connectivity index (χ1n) is 12.4. The molecule has 9 nitrogen and oxygen atoms in total. The summed E-state index contributed by atoms with van der Waals surface area (Å²) >= 11 is 0. The van der Waals surface area contributed by atoms with Gasteiger partial charge in [0.15, 0.2) is 0 Å². The number of hydrogen-bond acceptors (Lipinski definition) is 8. The van der Waals surface area contributed by atoms with Crippen LogP contribution in [0.4, 0.5) is 0 Å². The highest BCUT2D eigenvalue weighted by Crippen LogP contribution is 2.60. The minimum absolute atomic E-state index is 0.0307. The fraction of sp³-hybridized carbons (Fsp3) is 0.481. The van der Waals surface area contributed by atoms with Gasteiger partial charge >= 0.3 is 11.9 Å². The maximum Gasteiger partial charge on any atom is 0.345 e. The molecule has 0 bridgehead atoms. The van der Waals surface area contributed by atoms with Gasteiger partial charge in [-0.3, -0.25) is 0 Å². The summed E-state index contributed by atoms with van der Waals surface area (Å²) < 4.78 is 51.8. The Labute approximate surface area is 217 Å². The van der Waals surface area contributed by atoms with Gasteiger partial charge in [-0.05, 0) is 37.8 Å². The van der Waals surface area contributed by atoms with Crippen molar-refractivity contribution in [1.29, 1.82) is 0 Å². The monoisotopic (exact) mass is 531 g/mol. The van der Waals surface area contributed by atoms with Gasteiger partial charge in [0.05, 0.1) is 38.7 Å². The summed E-state index contributed by atoms with van der Waals surface area (Å²) in [5.74, 6) is -4.88. The van der Waals surface area contributed by atoms with E-state index in [0.29, 0.717) is 18.4 Å². The summed E-state index contributed by atoms with van der Waals surface area (Å²) in [6.07, 6.45) is 2.00. The zero-order valence-corrected chi connectivity index (χ0v) is 22.1. The highest BCUT2D eigenvalue weighted by Gasteiger charge is 2.82. The van der Waals surface area contributed by atoms with Crippen molar-refractivity contribution in [3.63, 3.8) is 0 Å². The molecule has 0 aliphatic carbocycles. The van der Waals surface area contributed by atoms with Crippen molar-refractivity contribution in [2.24, 2.45) is 5.92 Å². The van der Waals surface area contributed by atoms with E-state index in [2.05, 4.69) is 0 Å².